The summed E-state index contributed by atoms with van der Waals surface area (Å²) in [5, 5.41) is 2.74. The lowest BCUT2D eigenvalue weighted by Gasteiger charge is -2.30. The summed E-state index contributed by atoms with van der Waals surface area (Å²) < 4.78 is 41.5. The fraction of sp³-hybridized carbons (Fsp3) is 0.300. The van der Waals surface area contributed by atoms with Gasteiger partial charge in [0.2, 0.25) is 15.9 Å². The molecule has 0 spiro atoms. The van der Waals surface area contributed by atoms with E-state index in [1.165, 1.54) is 12.1 Å². The normalized spacial score (nSPS) is 12.7. The molecule has 2 aromatic carbocycles. The molecule has 0 aliphatic carbocycles. The molecule has 0 aliphatic heterocycles. The van der Waals surface area contributed by atoms with E-state index >= 15 is 0 Å². The number of anilines is 2. The Bertz CT molecular complexity index is 1230. The van der Waals surface area contributed by atoms with Crippen molar-refractivity contribution in [2.45, 2.75) is 32.9 Å². The molecule has 1 N–H and O–H groups in total. The molecular weight excluding hydrogens is 429 g/mol. The molecule has 0 fully saturated rings. The average Bonchev–Trinajstić information content (AvgIpc) is 3.00. The molecule has 1 heterocycles. The highest BCUT2D eigenvalue weighted by atomic mass is 32.2. The van der Waals surface area contributed by atoms with E-state index < -0.39 is 27.8 Å². The Morgan fingerprint density at radius 3 is 2.43 bits per heavy atom. The van der Waals surface area contributed by atoms with Crippen molar-refractivity contribution in [3.63, 3.8) is 0 Å². The Kier molecular flexibility index (Phi) is 6.27. The van der Waals surface area contributed by atoms with Crippen molar-refractivity contribution in [2.75, 3.05) is 15.9 Å². The number of hydrogen-bond acceptors (Lipinski definition) is 5. The maximum Gasteiger partial charge on any atom is 0.308 e. The third-order valence-corrected chi connectivity index (χ3v) is 6.78. The van der Waals surface area contributed by atoms with Crippen LogP contribution in [0.5, 0.6) is 0 Å². The molecule has 1 amide bonds. The molecule has 160 valence electrons. The van der Waals surface area contributed by atoms with E-state index in [0.29, 0.717) is 12.2 Å². The van der Waals surface area contributed by atoms with Crippen molar-refractivity contribution in [3.8, 4) is 0 Å². The van der Waals surface area contributed by atoms with Gasteiger partial charge in [-0.3, -0.25) is 18.5 Å². The number of rotatable bonds is 7. The minimum atomic E-state index is -3.81. The van der Waals surface area contributed by atoms with E-state index in [1.54, 1.807) is 29.7 Å². The quantitative estimate of drug-likeness (QED) is 0.596. The first kappa shape index (κ1) is 22.0. The number of hydrogen-bond donors (Lipinski definition) is 1. The Hall–Kier alpha value is -2.72. The summed E-state index contributed by atoms with van der Waals surface area (Å²) in [7, 11) is -3.81. The highest BCUT2D eigenvalue weighted by Crippen LogP contribution is 2.25. The van der Waals surface area contributed by atoms with E-state index in [1.807, 2.05) is 6.92 Å². The Morgan fingerprint density at radius 2 is 1.87 bits per heavy atom. The van der Waals surface area contributed by atoms with Gasteiger partial charge in [0.15, 0.2) is 0 Å². The van der Waals surface area contributed by atoms with Gasteiger partial charge in [-0.2, -0.15) is 0 Å². The van der Waals surface area contributed by atoms with E-state index in [9.17, 15) is 22.4 Å². The number of thiazole rings is 1. The Labute approximate surface area is 177 Å². The molecule has 3 aromatic rings. The van der Waals surface area contributed by atoms with Crippen LogP contribution in [0.1, 0.15) is 20.3 Å². The summed E-state index contributed by atoms with van der Waals surface area (Å²) in [5.74, 6) is -1.02. The Morgan fingerprint density at radius 1 is 1.20 bits per heavy atom. The van der Waals surface area contributed by atoms with Crippen LogP contribution in [0.15, 0.2) is 47.3 Å². The van der Waals surface area contributed by atoms with Crippen molar-refractivity contribution < 1.29 is 17.6 Å². The summed E-state index contributed by atoms with van der Waals surface area (Å²) in [6.07, 6.45) is 1.21. The largest absolute Gasteiger partial charge is 0.324 e. The summed E-state index contributed by atoms with van der Waals surface area (Å²) in [5.41, 5.74) is 1.44. The van der Waals surface area contributed by atoms with Crippen molar-refractivity contribution in [1.82, 2.24) is 4.57 Å². The average molecular weight is 452 g/mol. The van der Waals surface area contributed by atoms with Crippen molar-refractivity contribution in [2.24, 2.45) is 0 Å². The molecule has 1 aromatic heterocycles. The molecule has 0 aliphatic rings. The zero-order valence-corrected chi connectivity index (χ0v) is 18.4. The number of carbonyl (C=O) groups excluding carboxylic acids is 1. The second-order valence-electron chi connectivity index (χ2n) is 6.74. The lowest BCUT2D eigenvalue weighted by Crippen LogP contribution is -2.47. The molecular formula is C20H22FN3O4S2. The van der Waals surface area contributed by atoms with Crippen molar-refractivity contribution in [3.05, 3.63) is 57.9 Å². The maximum atomic E-state index is 13.3. The monoisotopic (exact) mass is 451 g/mol. The summed E-state index contributed by atoms with van der Waals surface area (Å²) in [4.78, 5) is 24.9. The number of aryl methyl sites for hydroxylation is 1. The zero-order chi connectivity index (χ0) is 22.1. The third-order valence-electron chi connectivity index (χ3n) is 4.66. The number of halogens is 1. The van der Waals surface area contributed by atoms with Gasteiger partial charge >= 0.3 is 4.87 Å². The first-order chi connectivity index (χ1) is 14.2. The number of carbonyl (C=O) groups is 1. The summed E-state index contributed by atoms with van der Waals surface area (Å²) in [6.45, 7) is 4.12. The lowest BCUT2D eigenvalue weighted by molar-refractivity contribution is -0.117. The first-order valence-corrected chi connectivity index (χ1v) is 12.0. The highest BCUT2D eigenvalue weighted by molar-refractivity contribution is 7.92. The second kappa shape index (κ2) is 8.57. The first-order valence-electron chi connectivity index (χ1n) is 9.35. The van der Waals surface area contributed by atoms with Crippen LogP contribution in [-0.4, -0.2) is 31.2 Å². The minimum absolute atomic E-state index is 0.0815. The second-order valence-corrected chi connectivity index (χ2v) is 9.60. The molecule has 0 bridgehead atoms. The number of aromatic nitrogens is 1. The molecule has 10 heteroatoms. The number of nitrogens with one attached hydrogen (secondary N) is 1. The van der Waals surface area contributed by atoms with Gasteiger partial charge < -0.3 is 5.32 Å². The van der Waals surface area contributed by atoms with E-state index in [-0.39, 0.29) is 17.0 Å². The number of sulfonamides is 1. The molecule has 0 saturated heterocycles. The maximum absolute atomic E-state index is 13.3. The van der Waals surface area contributed by atoms with Gasteiger partial charge in [-0.1, -0.05) is 18.3 Å². The van der Waals surface area contributed by atoms with Crippen LogP contribution in [0.2, 0.25) is 0 Å². The number of benzene rings is 2. The van der Waals surface area contributed by atoms with E-state index in [2.05, 4.69) is 5.32 Å². The van der Waals surface area contributed by atoms with E-state index in [0.717, 1.165) is 44.2 Å². The van der Waals surface area contributed by atoms with Gasteiger partial charge in [-0.05, 0) is 55.8 Å². The minimum Gasteiger partial charge on any atom is -0.324 e. The van der Waals surface area contributed by atoms with Crippen LogP contribution in [0.3, 0.4) is 0 Å². The summed E-state index contributed by atoms with van der Waals surface area (Å²) >= 11 is 1.08. The van der Waals surface area contributed by atoms with Crippen LogP contribution in [-0.2, 0) is 21.4 Å². The van der Waals surface area contributed by atoms with Crippen molar-refractivity contribution >= 4 is 48.9 Å². The SMILES string of the molecule is CCC(C(=O)Nc1ccc2c(c1)sc(=O)n2CC)N(c1ccc(F)cc1)S(C)(=O)=O. The molecule has 7 nitrogen and oxygen atoms in total. The molecule has 1 unspecified atom stereocenters. The highest BCUT2D eigenvalue weighted by Gasteiger charge is 2.31. The van der Waals surface area contributed by atoms with Crippen LogP contribution in [0, 0.1) is 5.82 Å². The van der Waals surface area contributed by atoms with E-state index in [4.69, 9.17) is 0 Å². The standard InChI is InChI=1S/C20H22FN3O4S2/c1-4-16(24(30(3,27)28)15-9-6-13(21)7-10-15)19(25)22-14-8-11-17-18(12-14)29-20(26)23(17)5-2/h6-12,16H,4-5H2,1-3H3,(H,22,25). The number of nitrogens with zero attached hydrogens (tertiary/aromatic N) is 2. The Balaban J connectivity index is 1.93. The predicted molar refractivity (Wildman–Crippen MR) is 118 cm³/mol. The van der Waals surface area contributed by atoms with Gasteiger partial charge in [-0.25, -0.2) is 12.8 Å². The predicted octanol–water partition coefficient (Wildman–Crippen LogP) is 3.41. The van der Waals surface area contributed by atoms with Gasteiger partial charge in [-0.15, -0.1) is 0 Å². The molecule has 0 radical (unpaired) electrons. The number of fused-ring (bicyclic) bond motifs is 1. The fourth-order valence-corrected chi connectivity index (χ4v) is 5.52. The molecule has 0 saturated carbocycles. The van der Waals surface area contributed by atoms with Gasteiger partial charge in [0.25, 0.3) is 0 Å². The zero-order valence-electron chi connectivity index (χ0n) is 16.8. The molecule has 1 atom stereocenters. The smallest absolute Gasteiger partial charge is 0.308 e. The van der Waals surface area contributed by atoms with Crippen molar-refractivity contribution in [1.29, 1.82) is 0 Å². The lowest BCUT2D eigenvalue weighted by atomic mass is 10.1. The fourth-order valence-electron chi connectivity index (χ4n) is 3.32. The van der Waals surface area contributed by atoms with Crippen LogP contribution in [0.4, 0.5) is 15.8 Å². The van der Waals surface area contributed by atoms with Crippen LogP contribution < -0.4 is 14.5 Å². The van der Waals surface area contributed by atoms with Crippen LogP contribution in [0.25, 0.3) is 10.2 Å². The summed E-state index contributed by atoms with van der Waals surface area (Å²) in [6, 6.07) is 9.03. The van der Waals surface area contributed by atoms with Gasteiger partial charge in [0.05, 0.1) is 22.2 Å². The van der Waals surface area contributed by atoms with Gasteiger partial charge in [0.1, 0.15) is 11.9 Å². The molecule has 3 rings (SSSR count). The third kappa shape index (κ3) is 4.39. The van der Waals surface area contributed by atoms with Crippen LogP contribution >= 0.6 is 11.3 Å². The molecule has 30 heavy (non-hydrogen) atoms. The topological polar surface area (TPSA) is 88.5 Å². The van der Waals surface area contributed by atoms with Gasteiger partial charge in [0, 0.05) is 12.2 Å². The number of amides is 1.